The highest BCUT2D eigenvalue weighted by Gasteiger charge is 2.24. The fraction of sp³-hybridized carbons (Fsp3) is 0.875. The number of rotatable bonds is 3. The van der Waals surface area contributed by atoms with Gasteiger partial charge in [-0.15, -0.1) is 0 Å². The van der Waals surface area contributed by atoms with Crippen molar-refractivity contribution in [3.05, 3.63) is 0 Å². The van der Waals surface area contributed by atoms with Gasteiger partial charge in [0.15, 0.2) is 6.17 Å². The van der Waals surface area contributed by atoms with E-state index in [0.717, 1.165) is 0 Å². The predicted molar refractivity (Wildman–Crippen MR) is 48.0 cm³/mol. The fourth-order valence-corrected chi connectivity index (χ4v) is 0.822. The maximum atomic E-state index is 10.7. The molecule has 1 atom stereocenters. The number of hydrogen-bond donors (Lipinski definition) is 2. The Morgan fingerprint density at radius 3 is 1.92 bits per heavy atom. The van der Waals surface area contributed by atoms with Gasteiger partial charge in [-0.2, -0.15) is 0 Å². The van der Waals surface area contributed by atoms with E-state index in [-0.39, 0.29) is 5.54 Å². The van der Waals surface area contributed by atoms with Crippen molar-refractivity contribution in [2.45, 2.75) is 32.5 Å². The zero-order valence-electron chi connectivity index (χ0n) is 8.38. The van der Waals surface area contributed by atoms with Gasteiger partial charge in [-0.3, -0.25) is 10.2 Å². The second-order valence-electron chi connectivity index (χ2n) is 4.10. The summed E-state index contributed by atoms with van der Waals surface area (Å²) in [5.74, 6) is -0.852. The zero-order chi connectivity index (χ0) is 9.94. The molecular formula is C8H18N2O2. The van der Waals surface area contributed by atoms with Crippen molar-refractivity contribution in [2.24, 2.45) is 0 Å². The Balaban J connectivity index is 4.25. The number of carbonyl (C=O) groups is 1. The summed E-state index contributed by atoms with van der Waals surface area (Å²) < 4.78 is 0. The number of likely N-dealkylation sites (N-methyl/N-ethyl adjacent to an activating group) is 1. The van der Waals surface area contributed by atoms with Gasteiger partial charge in [-0.1, -0.05) is 0 Å². The molecule has 0 aromatic rings. The van der Waals surface area contributed by atoms with Crippen molar-refractivity contribution in [3.63, 3.8) is 0 Å². The third-order valence-electron chi connectivity index (χ3n) is 1.32. The molecule has 0 aliphatic carbocycles. The van der Waals surface area contributed by atoms with Crippen LogP contribution in [0.4, 0.5) is 0 Å². The molecule has 0 bridgehead atoms. The van der Waals surface area contributed by atoms with Gasteiger partial charge in [0.1, 0.15) is 0 Å². The minimum atomic E-state index is -0.852. The van der Waals surface area contributed by atoms with Crippen LogP contribution in [0.1, 0.15) is 20.8 Å². The highest BCUT2D eigenvalue weighted by Crippen LogP contribution is 2.02. The Hall–Kier alpha value is -0.610. The van der Waals surface area contributed by atoms with Crippen molar-refractivity contribution in [1.82, 2.24) is 10.2 Å². The Morgan fingerprint density at radius 1 is 1.42 bits per heavy atom. The van der Waals surface area contributed by atoms with E-state index >= 15 is 0 Å². The van der Waals surface area contributed by atoms with Gasteiger partial charge in [-0.05, 0) is 34.9 Å². The second-order valence-corrected chi connectivity index (χ2v) is 4.10. The van der Waals surface area contributed by atoms with E-state index in [2.05, 4.69) is 5.32 Å². The highest BCUT2D eigenvalue weighted by molar-refractivity contribution is 5.72. The van der Waals surface area contributed by atoms with Crippen LogP contribution in [0.25, 0.3) is 0 Å². The van der Waals surface area contributed by atoms with Crippen LogP contribution in [0.15, 0.2) is 0 Å². The van der Waals surface area contributed by atoms with Crippen molar-refractivity contribution in [2.75, 3.05) is 14.1 Å². The molecule has 0 fully saturated rings. The normalized spacial score (nSPS) is 14.8. The smallest absolute Gasteiger partial charge is 0.335 e. The van der Waals surface area contributed by atoms with Crippen molar-refractivity contribution < 1.29 is 9.90 Å². The summed E-state index contributed by atoms with van der Waals surface area (Å²) in [5.41, 5.74) is -0.187. The third-order valence-corrected chi connectivity index (χ3v) is 1.32. The van der Waals surface area contributed by atoms with E-state index in [1.807, 2.05) is 20.8 Å². The molecule has 0 aromatic carbocycles. The fourth-order valence-electron chi connectivity index (χ4n) is 0.822. The summed E-state index contributed by atoms with van der Waals surface area (Å²) >= 11 is 0. The minimum absolute atomic E-state index is 0.187. The average Bonchev–Trinajstić information content (AvgIpc) is 1.79. The van der Waals surface area contributed by atoms with E-state index in [1.165, 1.54) is 0 Å². The Labute approximate surface area is 73.6 Å². The van der Waals surface area contributed by atoms with Gasteiger partial charge >= 0.3 is 5.97 Å². The van der Waals surface area contributed by atoms with Crippen LogP contribution < -0.4 is 5.32 Å². The van der Waals surface area contributed by atoms with E-state index in [9.17, 15) is 4.79 Å². The topological polar surface area (TPSA) is 52.6 Å². The molecule has 72 valence electrons. The molecule has 12 heavy (non-hydrogen) atoms. The van der Waals surface area contributed by atoms with Gasteiger partial charge in [0.05, 0.1) is 0 Å². The number of hydrogen-bond acceptors (Lipinski definition) is 3. The first-order valence-corrected chi connectivity index (χ1v) is 3.91. The summed E-state index contributed by atoms with van der Waals surface area (Å²) in [6.07, 6.45) is -0.620. The van der Waals surface area contributed by atoms with Crippen LogP contribution in [0, 0.1) is 0 Å². The zero-order valence-corrected chi connectivity index (χ0v) is 8.38. The quantitative estimate of drug-likeness (QED) is 0.606. The van der Waals surface area contributed by atoms with Crippen LogP contribution in [-0.4, -0.2) is 41.8 Å². The van der Waals surface area contributed by atoms with Crippen molar-refractivity contribution in [3.8, 4) is 0 Å². The molecule has 0 aromatic heterocycles. The number of aliphatic carboxylic acids is 1. The number of carboxylic acid groups (broad SMARTS) is 1. The molecule has 0 aliphatic rings. The molecule has 4 nitrogen and oxygen atoms in total. The molecule has 0 radical (unpaired) electrons. The lowest BCUT2D eigenvalue weighted by molar-refractivity contribution is -0.144. The number of carboxylic acids is 1. The van der Waals surface area contributed by atoms with Crippen LogP contribution in [-0.2, 0) is 4.79 Å². The SMILES string of the molecule is CN(C)C(NC(C)(C)C)C(=O)O. The Kier molecular flexibility index (Phi) is 3.67. The lowest BCUT2D eigenvalue weighted by Gasteiger charge is -2.29. The van der Waals surface area contributed by atoms with Gasteiger partial charge < -0.3 is 5.11 Å². The standard InChI is InChI=1S/C8H18N2O2/c1-8(2,3)9-6(7(11)12)10(4)5/h6,9H,1-5H3,(H,11,12). The molecule has 0 rings (SSSR count). The molecule has 4 heteroatoms. The molecule has 2 N–H and O–H groups in total. The first-order valence-electron chi connectivity index (χ1n) is 3.91. The lowest BCUT2D eigenvalue weighted by atomic mass is 10.1. The first-order chi connectivity index (χ1) is 5.24. The number of nitrogens with one attached hydrogen (secondary N) is 1. The van der Waals surface area contributed by atoms with Crippen molar-refractivity contribution >= 4 is 5.97 Å². The average molecular weight is 174 g/mol. The first kappa shape index (κ1) is 11.4. The Bertz CT molecular complexity index is 161. The monoisotopic (exact) mass is 174 g/mol. The summed E-state index contributed by atoms with van der Waals surface area (Å²) in [6.45, 7) is 5.81. The maximum absolute atomic E-state index is 10.7. The summed E-state index contributed by atoms with van der Waals surface area (Å²) in [4.78, 5) is 12.3. The van der Waals surface area contributed by atoms with Crippen molar-refractivity contribution in [1.29, 1.82) is 0 Å². The third kappa shape index (κ3) is 4.31. The molecule has 0 spiro atoms. The molecule has 0 saturated carbocycles. The predicted octanol–water partition coefficient (Wildman–Crippen LogP) is 0.347. The largest absolute Gasteiger partial charge is 0.479 e. The van der Waals surface area contributed by atoms with Crippen LogP contribution in [0.2, 0.25) is 0 Å². The molecular weight excluding hydrogens is 156 g/mol. The summed E-state index contributed by atoms with van der Waals surface area (Å²) in [6, 6.07) is 0. The van der Waals surface area contributed by atoms with E-state index < -0.39 is 12.1 Å². The Morgan fingerprint density at radius 2 is 1.83 bits per heavy atom. The van der Waals surface area contributed by atoms with Crippen LogP contribution in [0.3, 0.4) is 0 Å². The molecule has 0 heterocycles. The lowest BCUT2D eigenvalue weighted by Crippen LogP contribution is -2.54. The second kappa shape index (κ2) is 3.87. The van der Waals surface area contributed by atoms with E-state index in [1.54, 1.807) is 19.0 Å². The van der Waals surface area contributed by atoms with Gasteiger partial charge in [0, 0.05) is 5.54 Å². The van der Waals surface area contributed by atoms with Gasteiger partial charge in [0.2, 0.25) is 0 Å². The van der Waals surface area contributed by atoms with E-state index in [0.29, 0.717) is 0 Å². The van der Waals surface area contributed by atoms with Gasteiger partial charge in [0.25, 0.3) is 0 Å². The minimum Gasteiger partial charge on any atom is -0.479 e. The number of nitrogens with zero attached hydrogens (tertiary/aromatic N) is 1. The molecule has 0 aliphatic heterocycles. The summed E-state index contributed by atoms with van der Waals surface area (Å²) in [5, 5.41) is 11.8. The maximum Gasteiger partial charge on any atom is 0.335 e. The van der Waals surface area contributed by atoms with Crippen LogP contribution in [0.5, 0.6) is 0 Å². The molecule has 0 amide bonds. The molecule has 0 saturated heterocycles. The summed E-state index contributed by atoms with van der Waals surface area (Å²) in [7, 11) is 3.47. The highest BCUT2D eigenvalue weighted by atomic mass is 16.4. The van der Waals surface area contributed by atoms with E-state index in [4.69, 9.17) is 5.11 Å². The molecule has 1 unspecified atom stereocenters. The van der Waals surface area contributed by atoms with Crippen LogP contribution >= 0.6 is 0 Å². The van der Waals surface area contributed by atoms with Gasteiger partial charge in [-0.25, -0.2) is 4.79 Å².